The Balaban J connectivity index is 0.000000473. The van der Waals surface area contributed by atoms with Crippen LogP contribution < -0.4 is 15.9 Å². The molecule has 3 atom stereocenters. The Labute approximate surface area is 213 Å². The SMILES string of the molecule is FC(F)(F)c1ccc(P)cc1.FC(F)(F)c1ccc(P)cc1.FC(F)(F)c1ccc(P)cc1.[Au+]. The van der Waals surface area contributed by atoms with E-state index in [9.17, 15) is 39.5 Å². The summed E-state index contributed by atoms with van der Waals surface area (Å²) in [6, 6.07) is 14.8. The van der Waals surface area contributed by atoms with Gasteiger partial charge in [-0.25, -0.2) is 0 Å². The summed E-state index contributed by atoms with van der Waals surface area (Å²) in [6.07, 6.45) is -12.7. The van der Waals surface area contributed by atoms with Gasteiger partial charge in [0.05, 0.1) is 16.7 Å². The molecule has 3 rings (SSSR count). The van der Waals surface area contributed by atoms with E-state index in [1.165, 1.54) is 36.4 Å². The molecule has 0 heterocycles. The Hall–Kier alpha value is -0.940. The number of hydrogen-bond acceptors (Lipinski definition) is 0. The molecule has 3 aromatic rings. The number of hydrogen-bond donors (Lipinski definition) is 0. The summed E-state index contributed by atoms with van der Waals surface area (Å²) in [5, 5.41) is 2.24. The molecule has 0 nitrogen and oxygen atoms in total. The molecule has 0 aromatic heterocycles. The summed E-state index contributed by atoms with van der Waals surface area (Å²) in [5.74, 6) is 0. The van der Waals surface area contributed by atoms with Crippen LogP contribution in [0, 0.1) is 0 Å². The Kier molecular flexibility index (Phi) is 13.6. The third kappa shape index (κ3) is 12.7. The van der Waals surface area contributed by atoms with Gasteiger partial charge in [-0.05, 0) is 52.3 Å². The minimum atomic E-state index is -4.22. The maximum absolute atomic E-state index is 11.9. The molecule has 0 fully saturated rings. The van der Waals surface area contributed by atoms with E-state index >= 15 is 0 Å². The van der Waals surface area contributed by atoms with Crippen molar-refractivity contribution in [3.63, 3.8) is 0 Å². The molecule has 0 spiro atoms. The third-order valence-corrected chi connectivity index (χ3v) is 4.87. The zero-order chi connectivity index (χ0) is 25.4. The van der Waals surface area contributed by atoms with E-state index in [1.807, 2.05) is 0 Å². The van der Waals surface area contributed by atoms with Crippen LogP contribution in [0.1, 0.15) is 16.7 Å². The predicted molar refractivity (Wildman–Crippen MR) is 122 cm³/mol. The first-order valence-corrected chi connectivity index (χ1v) is 10.5. The van der Waals surface area contributed by atoms with E-state index in [0.29, 0.717) is 0 Å². The fourth-order valence-corrected chi connectivity index (χ4v) is 2.59. The van der Waals surface area contributed by atoms with Crippen molar-refractivity contribution in [2.75, 3.05) is 0 Å². The molecule has 3 aromatic carbocycles. The third-order valence-electron chi connectivity index (χ3n) is 3.71. The molecule has 0 saturated carbocycles. The first-order valence-electron chi connectivity index (χ1n) is 8.78. The zero-order valence-electron chi connectivity index (χ0n) is 16.9. The van der Waals surface area contributed by atoms with Crippen LogP contribution in [0.2, 0.25) is 0 Å². The summed E-state index contributed by atoms with van der Waals surface area (Å²) in [4.78, 5) is 0. The van der Waals surface area contributed by atoms with Crippen LogP contribution in [0.4, 0.5) is 39.5 Å². The van der Waals surface area contributed by atoms with Crippen LogP contribution in [-0.2, 0) is 40.9 Å². The first kappa shape index (κ1) is 33.1. The molecule has 3 unspecified atom stereocenters. The molecule has 0 amide bonds. The van der Waals surface area contributed by atoms with Gasteiger partial charge in [0.1, 0.15) is 0 Å². The van der Waals surface area contributed by atoms with Crippen molar-refractivity contribution in [2.24, 2.45) is 0 Å². The van der Waals surface area contributed by atoms with Crippen molar-refractivity contribution < 1.29 is 61.9 Å². The maximum Gasteiger partial charge on any atom is 1.00 e. The van der Waals surface area contributed by atoms with E-state index in [0.717, 1.165) is 52.3 Å². The van der Waals surface area contributed by atoms with Crippen molar-refractivity contribution in [1.29, 1.82) is 0 Å². The quantitative estimate of drug-likeness (QED) is 0.139. The number of rotatable bonds is 0. The minimum Gasteiger partial charge on any atom is -0.166 e. The van der Waals surface area contributed by atoms with Gasteiger partial charge < -0.3 is 0 Å². The monoisotopic (exact) mass is 731 g/mol. The largest absolute Gasteiger partial charge is 1.00 e. The molecule has 190 valence electrons. The van der Waals surface area contributed by atoms with Crippen LogP contribution in [-0.4, -0.2) is 0 Å². The van der Waals surface area contributed by atoms with E-state index in [2.05, 4.69) is 27.7 Å². The van der Waals surface area contributed by atoms with Crippen molar-refractivity contribution in [3.8, 4) is 0 Å². The van der Waals surface area contributed by atoms with Crippen molar-refractivity contribution in [2.45, 2.75) is 18.5 Å². The Bertz CT molecular complexity index is 849. The summed E-state index contributed by atoms with van der Waals surface area (Å²) in [5.41, 5.74) is -1.82. The van der Waals surface area contributed by atoms with E-state index < -0.39 is 35.2 Å². The molecule has 0 aliphatic heterocycles. The van der Waals surface area contributed by atoms with Crippen LogP contribution >= 0.6 is 27.7 Å². The summed E-state index contributed by atoms with van der Waals surface area (Å²) in [7, 11) is 6.98. The van der Waals surface area contributed by atoms with Crippen molar-refractivity contribution in [1.82, 2.24) is 0 Å². The zero-order valence-corrected chi connectivity index (χ0v) is 22.5. The van der Waals surface area contributed by atoms with Crippen LogP contribution in [0.15, 0.2) is 72.8 Å². The van der Waals surface area contributed by atoms with Gasteiger partial charge in [-0.3, -0.25) is 0 Å². The Morgan fingerprint density at radius 3 is 0.618 bits per heavy atom. The fourth-order valence-electron chi connectivity index (χ4n) is 2.02. The number of halogens is 9. The van der Waals surface area contributed by atoms with Gasteiger partial charge in [-0.15, -0.1) is 27.7 Å². The summed E-state index contributed by atoms with van der Waals surface area (Å²) >= 11 is 0. The molecule has 0 saturated heterocycles. The topological polar surface area (TPSA) is 0 Å². The fraction of sp³-hybridized carbons (Fsp3) is 0.143. The Morgan fingerprint density at radius 1 is 0.353 bits per heavy atom. The molecule has 0 N–H and O–H groups in total. The van der Waals surface area contributed by atoms with Gasteiger partial charge in [-0.2, -0.15) is 39.5 Å². The second-order valence-corrected chi connectivity index (χ2v) is 8.36. The smallest absolute Gasteiger partial charge is 0.166 e. The van der Waals surface area contributed by atoms with Gasteiger partial charge in [0.25, 0.3) is 0 Å². The summed E-state index contributed by atoms with van der Waals surface area (Å²) < 4.78 is 107. The molecular weight excluding hydrogens is 713 g/mol. The number of benzene rings is 3. The maximum atomic E-state index is 11.9. The van der Waals surface area contributed by atoms with E-state index in [4.69, 9.17) is 0 Å². The van der Waals surface area contributed by atoms with Gasteiger partial charge in [-0.1, -0.05) is 36.4 Å². The van der Waals surface area contributed by atoms with Crippen LogP contribution in [0.5, 0.6) is 0 Å². The number of alkyl halides is 9. The molecule has 0 radical (unpaired) electrons. The van der Waals surface area contributed by atoms with Gasteiger partial charge in [0, 0.05) is 0 Å². The minimum absolute atomic E-state index is 0. The van der Waals surface area contributed by atoms with Gasteiger partial charge in [0.2, 0.25) is 0 Å². The summed E-state index contributed by atoms with van der Waals surface area (Å²) in [6.45, 7) is 0. The predicted octanol–water partition coefficient (Wildman–Crippen LogP) is 6.61. The molecule has 0 aliphatic rings. The van der Waals surface area contributed by atoms with Gasteiger partial charge >= 0.3 is 40.9 Å². The van der Waals surface area contributed by atoms with Crippen molar-refractivity contribution >= 4 is 43.6 Å². The van der Waals surface area contributed by atoms with E-state index in [1.54, 1.807) is 0 Å². The molecular formula is C21H18AuF9P3+. The van der Waals surface area contributed by atoms with Gasteiger partial charge in [0.15, 0.2) is 0 Å². The molecule has 0 bridgehead atoms. The average Bonchev–Trinajstić information content (AvgIpc) is 2.68. The van der Waals surface area contributed by atoms with Crippen LogP contribution in [0.3, 0.4) is 0 Å². The Morgan fingerprint density at radius 2 is 0.500 bits per heavy atom. The second kappa shape index (κ2) is 14.0. The molecule has 0 aliphatic carbocycles. The molecule has 13 heteroatoms. The molecule has 34 heavy (non-hydrogen) atoms. The average molecular weight is 731 g/mol. The second-order valence-electron chi connectivity index (χ2n) is 6.36. The normalized spacial score (nSPS) is 11.3. The first-order chi connectivity index (χ1) is 15.0. The van der Waals surface area contributed by atoms with Crippen LogP contribution in [0.25, 0.3) is 0 Å². The van der Waals surface area contributed by atoms with E-state index in [-0.39, 0.29) is 22.4 Å². The van der Waals surface area contributed by atoms with Crippen molar-refractivity contribution in [3.05, 3.63) is 89.5 Å². The standard InChI is InChI=1S/3C7H6F3P.Au/c3*8-7(9,10)5-1-3-6(11)4-2-5;/h3*1-4H,11H2;/q;;;+1.